The van der Waals surface area contributed by atoms with Crippen LogP contribution in [0.15, 0.2) is 36.5 Å². The van der Waals surface area contributed by atoms with E-state index in [9.17, 15) is 4.39 Å². The molecule has 0 radical (unpaired) electrons. The topological polar surface area (TPSA) is 24.9 Å². The molecule has 0 spiro atoms. The van der Waals surface area contributed by atoms with Crippen molar-refractivity contribution in [1.82, 2.24) is 10.3 Å². The highest BCUT2D eigenvalue weighted by molar-refractivity contribution is 5.30. The maximum Gasteiger partial charge on any atom is 0.123 e. The zero-order chi connectivity index (χ0) is 14.5. The van der Waals surface area contributed by atoms with E-state index in [1.54, 1.807) is 6.07 Å². The number of pyridine rings is 1. The molecule has 0 fully saturated rings. The van der Waals surface area contributed by atoms with Crippen LogP contribution in [0.5, 0.6) is 0 Å². The van der Waals surface area contributed by atoms with Crippen molar-refractivity contribution in [1.29, 1.82) is 0 Å². The SMILES string of the molecule is CCNC(Cc1ccc(C)cn1)c1ccc(F)cc1C. The molecular formula is C17H21FN2. The minimum absolute atomic E-state index is 0.163. The summed E-state index contributed by atoms with van der Waals surface area (Å²) < 4.78 is 13.2. The molecule has 1 aromatic heterocycles. The lowest BCUT2D eigenvalue weighted by molar-refractivity contribution is 0.539. The molecule has 1 heterocycles. The Morgan fingerprint density at radius 3 is 2.60 bits per heavy atom. The summed E-state index contributed by atoms with van der Waals surface area (Å²) in [6, 6.07) is 9.27. The predicted octanol–water partition coefficient (Wildman–Crippen LogP) is 3.73. The molecule has 0 amide bonds. The minimum Gasteiger partial charge on any atom is -0.310 e. The molecule has 0 aliphatic heterocycles. The number of nitrogens with one attached hydrogen (secondary N) is 1. The molecule has 0 aliphatic rings. The third kappa shape index (κ3) is 3.64. The van der Waals surface area contributed by atoms with E-state index in [-0.39, 0.29) is 11.9 Å². The molecule has 1 unspecified atom stereocenters. The largest absolute Gasteiger partial charge is 0.310 e. The summed E-state index contributed by atoms with van der Waals surface area (Å²) in [5.41, 5.74) is 4.32. The van der Waals surface area contributed by atoms with Crippen LogP contribution in [0.2, 0.25) is 0 Å². The molecule has 3 heteroatoms. The van der Waals surface area contributed by atoms with Gasteiger partial charge in [-0.15, -0.1) is 0 Å². The van der Waals surface area contributed by atoms with Gasteiger partial charge in [-0.2, -0.15) is 0 Å². The van der Waals surface area contributed by atoms with Gasteiger partial charge in [0.2, 0.25) is 0 Å². The van der Waals surface area contributed by atoms with Crippen molar-refractivity contribution in [2.24, 2.45) is 0 Å². The first-order valence-electron chi connectivity index (χ1n) is 7.01. The van der Waals surface area contributed by atoms with E-state index in [2.05, 4.69) is 29.4 Å². The van der Waals surface area contributed by atoms with Gasteiger partial charge < -0.3 is 5.32 Å². The number of benzene rings is 1. The fourth-order valence-electron chi connectivity index (χ4n) is 2.40. The van der Waals surface area contributed by atoms with Crippen LogP contribution in [0.25, 0.3) is 0 Å². The average molecular weight is 272 g/mol. The van der Waals surface area contributed by atoms with Crippen LogP contribution in [0.4, 0.5) is 4.39 Å². The van der Waals surface area contributed by atoms with Gasteiger partial charge in [0.25, 0.3) is 0 Å². The molecule has 1 aromatic carbocycles. The van der Waals surface area contributed by atoms with Crippen LogP contribution >= 0.6 is 0 Å². The lowest BCUT2D eigenvalue weighted by Crippen LogP contribution is -2.24. The van der Waals surface area contributed by atoms with E-state index in [4.69, 9.17) is 0 Å². The molecule has 2 rings (SSSR count). The highest BCUT2D eigenvalue weighted by atomic mass is 19.1. The summed E-state index contributed by atoms with van der Waals surface area (Å²) in [6.07, 6.45) is 2.69. The number of hydrogen-bond acceptors (Lipinski definition) is 2. The van der Waals surface area contributed by atoms with Gasteiger partial charge in [0.15, 0.2) is 0 Å². The van der Waals surface area contributed by atoms with Crippen molar-refractivity contribution in [2.75, 3.05) is 6.54 Å². The van der Waals surface area contributed by atoms with Crippen LogP contribution in [-0.4, -0.2) is 11.5 Å². The third-order valence-electron chi connectivity index (χ3n) is 3.44. The van der Waals surface area contributed by atoms with Crippen molar-refractivity contribution in [3.05, 3.63) is 64.7 Å². The van der Waals surface area contributed by atoms with Gasteiger partial charge >= 0.3 is 0 Å². The average Bonchev–Trinajstić information content (AvgIpc) is 2.41. The van der Waals surface area contributed by atoms with Gasteiger partial charge in [-0.25, -0.2) is 4.39 Å². The number of aryl methyl sites for hydroxylation is 2. The standard InChI is InChI=1S/C17H21FN2/c1-4-19-17(10-15-7-5-12(2)11-20-15)16-8-6-14(18)9-13(16)3/h5-9,11,17,19H,4,10H2,1-3H3. The van der Waals surface area contributed by atoms with Crippen LogP contribution < -0.4 is 5.32 Å². The zero-order valence-electron chi connectivity index (χ0n) is 12.3. The van der Waals surface area contributed by atoms with Crippen molar-refractivity contribution in [3.63, 3.8) is 0 Å². The smallest absolute Gasteiger partial charge is 0.123 e. The number of rotatable bonds is 5. The zero-order valence-corrected chi connectivity index (χ0v) is 12.3. The van der Waals surface area contributed by atoms with Gasteiger partial charge in [0.1, 0.15) is 5.82 Å². The van der Waals surface area contributed by atoms with E-state index >= 15 is 0 Å². The first kappa shape index (κ1) is 14.7. The molecule has 1 atom stereocenters. The number of nitrogens with zero attached hydrogens (tertiary/aromatic N) is 1. The Morgan fingerprint density at radius 1 is 1.20 bits per heavy atom. The van der Waals surface area contributed by atoms with Gasteiger partial charge in [-0.3, -0.25) is 4.98 Å². The fraction of sp³-hybridized carbons (Fsp3) is 0.353. The van der Waals surface area contributed by atoms with Gasteiger partial charge in [-0.05, 0) is 55.3 Å². The van der Waals surface area contributed by atoms with Crippen molar-refractivity contribution < 1.29 is 4.39 Å². The summed E-state index contributed by atoms with van der Waals surface area (Å²) >= 11 is 0. The number of aromatic nitrogens is 1. The minimum atomic E-state index is -0.185. The first-order valence-corrected chi connectivity index (χ1v) is 7.01. The Balaban J connectivity index is 2.24. The van der Waals surface area contributed by atoms with E-state index < -0.39 is 0 Å². The van der Waals surface area contributed by atoms with Gasteiger partial charge in [-0.1, -0.05) is 19.1 Å². The molecule has 0 bridgehead atoms. The first-order chi connectivity index (χ1) is 9.60. The highest BCUT2D eigenvalue weighted by Crippen LogP contribution is 2.22. The van der Waals surface area contributed by atoms with E-state index in [1.807, 2.05) is 26.1 Å². The van der Waals surface area contributed by atoms with Crippen molar-refractivity contribution in [2.45, 2.75) is 33.2 Å². The number of halogens is 1. The Morgan fingerprint density at radius 2 is 2.00 bits per heavy atom. The van der Waals surface area contributed by atoms with Crippen LogP contribution in [0.3, 0.4) is 0 Å². The summed E-state index contributed by atoms with van der Waals surface area (Å²) in [5.74, 6) is -0.185. The number of likely N-dealkylation sites (N-methyl/N-ethyl adjacent to an activating group) is 1. The normalized spacial score (nSPS) is 12.4. The van der Waals surface area contributed by atoms with Crippen molar-refractivity contribution in [3.8, 4) is 0 Å². The highest BCUT2D eigenvalue weighted by Gasteiger charge is 2.14. The van der Waals surface area contributed by atoms with Crippen LogP contribution in [0, 0.1) is 19.7 Å². The van der Waals surface area contributed by atoms with Gasteiger partial charge in [0.05, 0.1) is 0 Å². The molecule has 0 saturated heterocycles. The maximum absolute atomic E-state index is 13.2. The predicted molar refractivity (Wildman–Crippen MR) is 80.2 cm³/mol. The molecule has 0 aliphatic carbocycles. The summed E-state index contributed by atoms with van der Waals surface area (Å²) in [4.78, 5) is 4.46. The monoisotopic (exact) mass is 272 g/mol. The summed E-state index contributed by atoms with van der Waals surface area (Å²) in [6.45, 7) is 6.93. The third-order valence-corrected chi connectivity index (χ3v) is 3.44. The Bertz CT molecular complexity index is 564. The molecule has 20 heavy (non-hydrogen) atoms. The van der Waals surface area contributed by atoms with Crippen molar-refractivity contribution >= 4 is 0 Å². The Hall–Kier alpha value is -1.74. The lowest BCUT2D eigenvalue weighted by Gasteiger charge is -2.20. The van der Waals surface area contributed by atoms with E-state index in [1.165, 1.54) is 6.07 Å². The molecule has 106 valence electrons. The van der Waals surface area contributed by atoms with Gasteiger partial charge in [0, 0.05) is 24.4 Å². The fourth-order valence-corrected chi connectivity index (χ4v) is 2.40. The molecular weight excluding hydrogens is 251 g/mol. The second-order valence-electron chi connectivity index (χ2n) is 5.14. The molecule has 1 N–H and O–H groups in total. The summed E-state index contributed by atoms with van der Waals surface area (Å²) in [5, 5.41) is 3.46. The molecule has 2 nitrogen and oxygen atoms in total. The number of hydrogen-bond donors (Lipinski definition) is 1. The quantitative estimate of drug-likeness (QED) is 0.897. The molecule has 2 aromatic rings. The maximum atomic E-state index is 13.2. The Kier molecular flexibility index (Phi) is 4.85. The Labute approximate surface area is 120 Å². The van der Waals surface area contributed by atoms with Crippen LogP contribution in [0.1, 0.15) is 35.3 Å². The van der Waals surface area contributed by atoms with E-state index in [0.29, 0.717) is 0 Å². The second kappa shape index (κ2) is 6.62. The summed E-state index contributed by atoms with van der Waals surface area (Å²) in [7, 11) is 0. The lowest BCUT2D eigenvalue weighted by atomic mass is 9.97. The molecule has 0 saturated carbocycles. The van der Waals surface area contributed by atoms with Crippen LogP contribution in [-0.2, 0) is 6.42 Å². The van der Waals surface area contributed by atoms with E-state index in [0.717, 1.165) is 35.3 Å². The second-order valence-corrected chi connectivity index (χ2v) is 5.14.